The van der Waals surface area contributed by atoms with Crippen molar-refractivity contribution in [3.05, 3.63) is 63.1 Å². The van der Waals surface area contributed by atoms with E-state index < -0.39 is 11.1 Å². The monoisotopic (exact) mass is 369 g/mol. The van der Waals surface area contributed by atoms with E-state index in [0.29, 0.717) is 14.9 Å². The van der Waals surface area contributed by atoms with E-state index in [9.17, 15) is 4.21 Å². The normalized spacial score (nSPS) is 19.4. The van der Waals surface area contributed by atoms with E-state index in [-0.39, 0.29) is 5.92 Å². The van der Waals surface area contributed by atoms with E-state index in [1.54, 1.807) is 6.07 Å². The smallest absolute Gasteiger partial charge is 0.188 e. The van der Waals surface area contributed by atoms with Gasteiger partial charge in [-0.15, -0.1) is 0 Å². The second-order valence-electron chi connectivity index (χ2n) is 5.68. The molecule has 1 heterocycles. The van der Waals surface area contributed by atoms with Gasteiger partial charge in [0.05, 0.1) is 12.0 Å². The largest absolute Gasteiger partial charge is 0.301 e. The molecule has 0 bridgehead atoms. The standard InChI is InChI=1S/C17H17Cl2NO2S/c1-20-9-15(11-4-3-5-13(6-11)23(21)22-2)14-7-12(18)8-17(19)16(14)10-20/h3-8,15H,9-10H2,1-2H3/t15-,23?/m0/s1. The van der Waals surface area contributed by atoms with Crippen LogP contribution in [-0.4, -0.2) is 29.8 Å². The van der Waals surface area contributed by atoms with Crippen LogP contribution in [0.2, 0.25) is 10.0 Å². The van der Waals surface area contributed by atoms with Crippen LogP contribution >= 0.6 is 23.2 Å². The fourth-order valence-corrected chi connectivity index (χ4v) is 4.25. The van der Waals surface area contributed by atoms with Crippen LogP contribution in [0.4, 0.5) is 0 Å². The van der Waals surface area contributed by atoms with Gasteiger partial charge in [0.15, 0.2) is 11.1 Å². The van der Waals surface area contributed by atoms with Crippen molar-refractivity contribution >= 4 is 34.3 Å². The van der Waals surface area contributed by atoms with Gasteiger partial charge < -0.3 is 4.90 Å². The third-order valence-corrected chi connectivity index (χ3v) is 5.59. The molecule has 122 valence electrons. The summed E-state index contributed by atoms with van der Waals surface area (Å²) < 4.78 is 16.8. The summed E-state index contributed by atoms with van der Waals surface area (Å²) in [5.41, 5.74) is 3.33. The SMILES string of the molecule is COS(=O)c1cccc([C@@H]2CN(C)Cc3c(Cl)cc(Cl)cc32)c1. The first kappa shape index (κ1) is 16.9. The zero-order valence-corrected chi connectivity index (χ0v) is 15.2. The average Bonchev–Trinajstić information content (AvgIpc) is 2.54. The minimum Gasteiger partial charge on any atom is -0.301 e. The molecule has 2 aromatic rings. The van der Waals surface area contributed by atoms with Crippen molar-refractivity contribution in [2.24, 2.45) is 0 Å². The summed E-state index contributed by atoms with van der Waals surface area (Å²) in [6.45, 7) is 1.65. The molecule has 0 radical (unpaired) electrons. The quantitative estimate of drug-likeness (QED) is 0.810. The van der Waals surface area contributed by atoms with Crippen LogP contribution in [-0.2, 0) is 21.8 Å². The molecule has 0 saturated carbocycles. The third-order valence-electron chi connectivity index (χ3n) is 4.10. The predicted octanol–water partition coefficient (Wildman–Crippen LogP) is 4.24. The van der Waals surface area contributed by atoms with Gasteiger partial charge in [0.25, 0.3) is 0 Å². The summed E-state index contributed by atoms with van der Waals surface area (Å²) >= 11 is 11.2. The number of nitrogens with zero attached hydrogens (tertiary/aromatic N) is 1. The molecule has 0 aromatic heterocycles. The Morgan fingerprint density at radius 1 is 1.26 bits per heavy atom. The van der Waals surface area contributed by atoms with Crippen LogP contribution in [0.1, 0.15) is 22.6 Å². The van der Waals surface area contributed by atoms with Gasteiger partial charge in [0.1, 0.15) is 0 Å². The maximum Gasteiger partial charge on any atom is 0.188 e. The molecule has 6 heteroatoms. The summed E-state index contributed by atoms with van der Waals surface area (Å²) in [6, 6.07) is 11.5. The lowest BCUT2D eigenvalue weighted by atomic mass is 9.85. The van der Waals surface area contributed by atoms with E-state index in [1.807, 2.05) is 30.3 Å². The average molecular weight is 370 g/mol. The second kappa shape index (κ2) is 6.91. The molecule has 3 rings (SSSR count). The fraction of sp³-hybridized carbons (Fsp3) is 0.294. The summed E-state index contributed by atoms with van der Waals surface area (Å²) in [5, 5.41) is 1.33. The van der Waals surface area contributed by atoms with Gasteiger partial charge in [0.2, 0.25) is 0 Å². The molecule has 1 aliphatic heterocycles. The van der Waals surface area contributed by atoms with Crippen molar-refractivity contribution in [1.82, 2.24) is 4.90 Å². The Labute approximate surface area is 148 Å². The maximum absolute atomic E-state index is 11.9. The van der Waals surface area contributed by atoms with Gasteiger partial charge in [0, 0.05) is 29.1 Å². The molecule has 1 aliphatic rings. The van der Waals surface area contributed by atoms with E-state index in [4.69, 9.17) is 27.4 Å². The molecular weight excluding hydrogens is 353 g/mol. The van der Waals surface area contributed by atoms with Crippen LogP contribution in [0, 0.1) is 0 Å². The summed E-state index contributed by atoms with van der Waals surface area (Å²) in [4.78, 5) is 2.89. The number of hydrogen-bond donors (Lipinski definition) is 0. The molecule has 2 atom stereocenters. The number of rotatable bonds is 3. The molecule has 0 amide bonds. The van der Waals surface area contributed by atoms with Crippen molar-refractivity contribution in [2.75, 3.05) is 20.7 Å². The van der Waals surface area contributed by atoms with Crippen molar-refractivity contribution in [1.29, 1.82) is 0 Å². The first-order valence-corrected chi connectivity index (χ1v) is 9.05. The maximum atomic E-state index is 11.9. The Bertz CT molecular complexity index is 766. The highest BCUT2D eigenvalue weighted by molar-refractivity contribution is 7.80. The Balaban J connectivity index is 2.09. The molecule has 0 aliphatic carbocycles. The first-order chi connectivity index (χ1) is 11.0. The van der Waals surface area contributed by atoms with E-state index >= 15 is 0 Å². The van der Waals surface area contributed by atoms with Crippen LogP contribution < -0.4 is 0 Å². The van der Waals surface area contributed by atoms with Crippen molar-refractivity contribution in [2.45, 2.75) is 17.4 Å². The Kier molecular flexibility index (Phi) is 5.09. The first-order valence-electron chi connectivity index (χ1n) is 7.22. The molecule has 23 heavy (non-hydrogen) atoms. The summed E-state index contributed by atoms with van der Waals surface area (Å²) in [5.74, 6) is 0.133. The van der Waals surface area contributed by atoms with Gasteiger partial charge in [-0.2, -0.15) is 0 Å². The fourth-order valence-electron chi connectivity index (χ4n) is 3.06. The second-order valence-corrected chi connectivity index (χ2v) is 7.80. The Morgan fingerprint density at radius 2 is 2.04 bits per heavy atom. The lowest BCUT2D eigenvalue weighted by molar-refractivity contribution is 0.295. The van der Waals surface area contributed by atoms with Crippen LogP contribution in [0.15, 0.2) is 41.3 Å². The highest BCUT2D eigenvalue weighted by atomic mass is 35.5. The topological polar surface area (TPSA) is 29.5 Å². The van der Waals surface area contributed by atoms with Crippen LogP contribution in [0.3, 0.4) is 0 Å². The molecule has 0 saturated heterocycles. The summed E-state index contributed by atoms with van der Waals surface area (Å²) in [6.07, 6.45) is 0. The van der Waals surface area contributed by atoms with E-state index in [2.05, 4.69) is 11.9 Å². The molecule has 0 fully saturated rings. The van der Waals surface area contributed by atoms with E-state index in [1.165, 1.54) is 7.11 Å². The lowest BCUT2D eigenvalue weighted by Crippen LogP contribution is -2.31. The van der Waals surface area contributed by atoms with Gasteiger partial charge in [-0.1, -0.05) is 35.3 Å². The van der Waals surface area contributed by atoms with E-state index in [0.717, 1.165) is 29.8 Å². The number of benzene rings is 2. The van der Waals surface area contributed by atoms with Crippen LogP contribution in [0.25, 0.3) is 0 Å². The molecule has 1 unspecified atom stereocenters. The minimum absolute atomic E-state index is 0.133. The predicted molar refractivity (Wildman–Crippen MR) is 94.5 cm³/mol. The highest BCUT2D eigenvalue weighted by Crippen LogP contribution is 2.38. The third kappa shape index (κ3) is 3.47. The zero-order valence-electron chi connectivity index (χ0n) is 12.9. The number of fused-ring (bicyclic) bond motifs is 1. The number of hydrogen-bond acceptors (Lipinski definition) is 3. The van der Waals surface area contributed by atoms with Crippen molar-refractivity contribution < 1.29 is 8.39 Å². The Morgan fingerprint density at radius 3 is 2.78 bits per heavy atom. The highest BCUT2D eigenvalue weighted by Gasteiger charge is 2.27. The minimum atomic E-state index is -1.45. The van der Waals surface area contributed by atoms with Crippen LogP contribution in [0.5, 0.6) is 0 Å². The molecule has 0 N–H and O–H groups in total. The number of halogens is 2. The Hall–Kier alpha value is -0.910. The van der Waals surface area contributed by atoms with Gasteiger partial charge in [-0.3, -0.25) is 4.18 Å². The molecule has 0 spiro atoms. The number of likely N-dealkylation sites (N-methyl/N-ethyl adjacent to an activating group) is 1. The molecule has 3 nitrogen and oxygen atoms in total. The molecular formula is C17H17Cl2NO2S. The zero-order chi connectivity index (χ0) is 16.6. The molecule has 2 aromatic carbocycles. The van der Waals surface area contributed by atoms with Gasteiger partial charge >= 0.3 is 0 Å². The van der Waals surface area contributed by atoms with Crippen molar-refractivity contribution in [3.63, 3.8) is 0 Å². The van der Waals surface area contributed by atoms with Gasteiger partial charge in [-0.25, -0.2) is 4.21 Å². The van der Waals surface area contributed by atoms with Crippen molar-refractivity contribution in [3.8, 4) is 0 Å². The summed E-state index contributed by atoms with van der Waals surface area (Å²) in [7, 11) is 3.50. The van der Waals surface area contributed by atoms with Gasteiger partial charge in [-0.05, 0) is 48.0 Å². The lowest BCUT2D eigenvalue weighted by Gasteiger charge is -2.33.